The molecule has 1 aromatic carbocycles. The van der Waals surface area contributed by atoms with Crippen LogP contribution in [-0.2, 0) is 6.42 Å². The number of ether oxygens (including phenoxy) is 2. The molecule has 16 heavy (non-hydrogen) atoms. The highest BCUT2D eigenvalue weighted by Gasteiger charge is 2.12. The zero-order valence-corrected chi connectivity index (χ0v) is 10.6. The molecular formula is C11H19ClN2O2. The van der Waals surface area contributed by atoms with E-state index >= 15 is 0 Å². The van der Waals surface area contributed by atoms with E-state index in [-0.39, 0.29) is 18.4 Å². The van der Waals surface area contributed by atoms with Gasteiger partial charge in [0.05, 0.1) is 14.2 Å². The summed E-state index contributed by atoms with van der Waals surface area (Å²) in [5, 5.41) is 0. The fourth-order valence-corrected chi connectivity index (χ4v) is 1.49. The van der Waals surface area contributed by atoms with Crippen molar-refractivity contribution in [3.8, 4) is 11.5 Å². The van der Waals surface area contributed by atoms with Gasteiger partial charge in [-0.05, 0) is 25.5 Å². The molecule has 0 fully saturated rings. The smallest absolute Gasteiger partial charge is 0.125 e. The third-order valence-corrected chi connectivity index (χ3v) is 2.32. The number of halogens is 1. The number of benzene rings is 1. The van der Waals surface area contributed by atoms with Gasteiger partial charge in [0.15, 0.2) is 0 Å². The summed E-state index contributed by atoms with van der Waals surface area (Å²) in [4.78, 5) is 0. The maximum atomic E-state index is 5.37. The molecule has 0 saturated heterocycles. The first-order valence-corrected chi connectivity index (χ1v) is 4.89. The van der Waals surface area contributed by atoms with Crippen LogP contribution in [0.3, 0.4) is 0 Å². The standard InChI is InChI=1S/C11H18N2O2.ClH/c1-8(13-12)7-9-10(14-2)5-4-6-11(9)15-3;/h4-6,8,13H,7,12H2,1-3H3;1H. The molecular weight excluding hydrogens is 228 g/mol. The monoisotopic (exact) mass is 246 g/mol. The van der Waals surface area contributed by atoms with E-state index in [4.69, 9.17) is 15.3 Å². The van der Waals surface area contributed by atoms with Crippen LogP contribution in [0.4, 0.5) is 0 Å². The quantitative estimate of drug-likeness (QED) is 0.611. The topological polar surface area (TPSA) is 56.5 Å². The fourth-order valence-electron chi connectivity index (χ4n) is 1.49. The molecule has 0 aliphatic heterocycles. The summed E-state index contributed by atoms with van der Waals surface area (Å²) < 4.78 is 10.6. The molecule has 0 radical (unpaired) electrons. The van der Waals surface area contributed by atoms with Crippen molar-refractivity contribution in [3.63, 3.8) is 0 Å². The van der Waals surface area contributed by atoms with Crippen LogP contribution in [0, 0.1) is 0 Å². The molecule has 0 aromatic heterocycles. The van der Waals surface area contributed by atoms with Gasteiger partial charge in [-0.3, -0.25) is 11.3 Å². The SMILES string of the molecule is COc1cccc(OC)c1CC(C)NN.Cl. The second kappa shape index (κ2) is 7.33. The summed E-state index contributed by atoms with van der Waals surface area (Å²) in [7, 11) is 3.30. The van der Waals surface area contributed by atoms with Crippen molar-refractivity contribution in [1.82, 2.24) is 5.43 Å². The van der Waals surface area contributed by atoms with Crippen LogP contribution in [0.5, 0.6) is 11.5 Å². The highest BCUT2D eigenvalue weighted by Crippen LogP contribution is 2.29. The van der Waals surface area contributed by atoms with Gasteiger partial charge in [0.2, 0.25) is 0 Å². The molecule has 0 aliphatic carbocycles. The second-order valence-corrected chi connectivity index (χ2v) is 3.41. The van der Waals surface area contributed by atoms with Crippen LogP contribution < -0.4 is 20.7 Å². The van der Waals surface area contributed by atoms with Crippen LogP contribution in [-0.4, -0.2) is 20.3 Å². The van der Waals surface area contributed by atoms with E-state index in [9.17, 15) is 0 Å². The second-order valence-electron chi connectivity index (χ2n) is 3.41. The highest BCUT2D eigenvalue weighted by atomic mass is 35.5. The molecule has 4 nitrogen and oxygen atoms in total. The Bertz CT molecular complexity index is 299. The van der Waals surface area contributed by atoms with Gasteiger partial charge >= 0.3 is 0 Å². The number of nitrogens with one attached hydrogen (secondary N) is 1. The van der Waals surface area contributed by atoms with E-state index in [0.29, 0.717) is 0 Å². The van der Waals surface area contributed by atoms with E-state index < -0.39 is 0 Å². The first kappa shape index (κ1) is 15.0. The van der Waals surface area contributed by atoms with Gasteiger partial charge in [-0.2, -0.15) is 0 Å². The van der Waals surface area contributed by atoms with Gasteiger partial charge in [-0.15, -0.1) is 12.4 Å². The summed E-state index contributed by atoms with van der Waals surface area (Å²) in [6, 6.07) is 5.92. The van der Waals surface area contributed by atoms with Gasteiger partial charge in [0.1, 0.15) is 11.5 Å². The van der Waals surface area contributed by atoms with Crippen LogP contribution in [0.1, 0.15) is 12.5 Å². The minimum absolute atomic E-state index is 0. The van der Waals surface area contributed by atoms with E-state index in [1.54, 1.807) is 14.2 Å². The first-order chi connectivity index (χ1) is 7.22. The summed E-state index contributed by atoms with van der Waals surface area (Å²) in [5.74, 6) is 7.03. The molecule has 3 N–H and O–H groups in total. The molecule has 0 heterocycles. The molecule has 0 spiro atoms. The minimum Gasteiger partial charge on any atom is -0.496 e. The van der Waals surface area contributed by atoms with Crippen molar-refractivity contribution in [1.29, 1.82) is 0 Å². The number of hydrogen-bond acceptors (Lipinski definition) is 4. The lowest BCUT2D eigenvalue weighted by Crippen LogP contribution is -2.34. The normalized spacial score (nSPS) is 11.5. The van der Waals surface area contributed by atoms with Crippen molar-refractivity contribution in [2.24, 2.45) is 5.84 Å². The molecule has 5 heteroatoms. The third kappa shape index (κ3) is 3.56. The Balaban J connectivity index is 0.00000225. The number of hydrazine groups is 1. The zero-order valence-electron chi connectivity index (χ0n) is 9.82. The molecule has 0 bridgehead atoms. The molecule has 1 rings (SSSR count). The van der Waals surface area contributed by atoms with Crippen LogP contribution >= 0.6 is 12.4 Å². The van der Waals surface area contributed by atoms with Crippen LogP contribution in [0.2, 0.25) is 0 Å². The van der Waals surface area contributed by atoms with Crippen molar-refractivity contribution in [3.05, 3.63) is 23.8 Å². The average molecular weight is 247 g/mol. The van der Waals surface area contributed by atoms with E-state index in [0.717, 1.165) is 23.5 Å². The maximum absolute atomic E-state index is 5.37. The lowest BCUT2D eigenvalue weighted by atomic mass is 10.1. The highest BCUT2D eigenvalue weighted by molar-refractivity contribution is 5.85. The zero-order chi connectivity index (χ0) is 11.3. The molecule has 0 saturated carbocycles. The predicted molar refractivity (Wildman–Crippen MR) is 67.3 cm³/mol. The molecule has 1 aromatic rings. The van der Waals surface area contributed by atoms with Gasteiger partial charge in [-0.25, -0.2) is 0 Å². The number of nitrogens with two attached hydrogens (primary N) is 1. The Kier molecular flexibility index (Phi) is 6.88. The number of hydrogen-bond donors (Lipinski definition) is 2. The van der Waals surface area contributed by atoms with Crippen molar-refractivity contribution in [2.75, 3.05) is 14.2 Å². The minimum atomic E-state index is 0. The average Bonchev–Trinajstić information content (AvgIpc) is 2.29. The van der Waals surface area contributed by atoms with Crippen molar-refractivity contribution < 1.29 is 9.47 Å². The molecule has 1 atom stereocenters. The summed E-state index contributed by atoms with van der Waals surface area (Å²) in [6.45, 7) is 2.01. The fraction of sp³-hybridized carbons (Fsp3) is 0.455. The van der Waals surface area contributed by atoms with Gasteiger partial charge in [-0.1, -0.05) is 6.07 Å². The number of rotatable bonds is 5. The first-order valence-electron chi connectivity index (χ1n) is 4.89. The Hall–Kier alpha value is -0.970. The van der Waals surface area contributed by atoms with Gasteiger partial charge in [0, 0.05) is 11.6 Å². The predicted octanol–water partition coefficient (Wildman–Crippen LogP) is 1.52. The summed E-state index contributed by atoms with van der Waals surface area (Å²) in [6.07, 6.45) is 0.768. The van der Waals surface area contributed by atoms with Crippen LogP contribution in [0.25, 0.3) is 0 Å². The molecule has 0 aliphatic rings. The molecule has 0 amide bonds. The Morgan fingerprint density at radius 3 is 2.12 bits per heavy atom. The summed E-state index contributed by atoms with van der Waals surface area (Å²) in [5.41, 5.74) is 3.74. The maximum Gasteiger partial charge on any atom is 0.125 e. The van der Waals surface area contributed by atoms with E-state index in [1.165, 1.54) is 0 Å². The van der Waals surface area contributed by atoms with Crippen molar-refractivity contribution in [2.45, 2.75) is 19.4 Å². The lowest BCUT2D eigenvalue weighted by molar-refractivity contribution is 0.380. The molecule has 1 unspecified atom stereocenters. The van der Waals surface area contributed by atoms with Gasteiger partial charge in [0.25, 0.3) is 0 Å². The van der Waals surface area contributed by atoms with Crippen LogP contribution in [0.15, 0.2) is 18.2 Å². The lowest BCUT2D eigenvalue weighted by Gasteiger charge is -2.16. The van der Waals surface area contributed by atoms with Crippen molar-refractivity contribution >= 4 is 12.4 Å². The summed E-state index contributed by atoms with van der Waals surface area (Å²) >= 11 is 0. The number of methoxy groups -OCH3 is 2. The molecule has 92 valence electrons. The third-order valence-electron chi connectivity index (χ3n) is 2.32. The largest absolute Gasteiger partial charge is 0.496 e. The van der Waals surface area contributed by atoms with E-state index in [1.807, 2.05) is 25.1 Å². The Labute approximate surface area is 102 Å². The Morgan fingerprint density at radius 1 is 1.25 bits per heavy atom. The van der Waals surface area contributed by atoms with E-state index in [2.05, 4.69) is 5.43 Å². The van der Waals surface area contributed by atoms with Gasteiger partial charge < -0.3 is 9.47 Å². The Morgan fingerprint density at radius 2 is 1.75 bits per heavy atom.